The summed E-state index contributed by atoms with van der Waals surface area (Å²) in [5.41, 5.74) is 3.33. The van der Waals surface area contributed by atoms with Crippen molar-refractivity contribution in [1.82, 2.24) is 15.0 Å². The number of benzene rings is 2. The van der Waals surface area contributed by atoms with Crippen molar-refractivity contribution in [3.8, 4) is 17.1 Å². The number of urea groups is 1. The Morgan fingerprint density at radius 1 is 1.15 bits per heavy atom. The first-order valence-corrected chi connectivity index (χ1v) is 10.4. The van der Waals surface area contributed by atoms with Crippen LogP contribution < -0.4 is 15.0 Å². The number of methoxy groups -OCH3 is 1. The highest BCUT2D eigenvalue weighted by Crippen LogP contribution is 2.30. The van der Waals surface area contributed by atoms with Gasteiger partial charge in [-0.05, 0) is 24.6 Å². The van der Waals surface area contributed by atoms with E-state index in [0.29, 0.717) is 43.6 Å². The summed E-state index contributed by atoms with van der Waals surface area (Å²) in [4.78, 5) is 31.5. The fraction of sp³-hybridized carbons (Fsp3) is 0.318. The summed E-state index contributed by atoms with van der Waals surface area (Å²) in [6.07, 6.45) is 0. The molecule has 0 saturated carbocycles. The number of amides is 2. The second kappa shape index (κ2) is 9.15. The summed E-state index contributed by atoms with van der Waals surface area (Å²) in [6.45, 7) is 6.14. The number of nitro benzene ring substituents is 1. The van der Waals surface area contributed by atoms with Gasteiger partial charge in [0.25, 0.3) is 5.69 Å². The largest absolute Gasteiger partial charge is 0.494 e. The third kappa shape index (κ3) is 4.71. The van der Waals surface area contributed by atoms with E-state index in [1.165, 1.54) is 25.3 Å². The number of aromatic nitrogens is 2. The highest BCUT2D eigenvalue weighted by Gasteiger charge is 2.24. The molecule has 1 aromatic heterocycles. The SMILES string of the molecule is COc1cc([N+](=O)[O-])ccc1NC(=O)N1CCN(c2cc(-c3noc(C)n3)ccc2C)CC1. The van der Waals surface area contributed by atoms with Crippen molar-refractivity contribution < 1.29 is 19.0 Å². The van der Waals surface area contributed by atoms with Gasteiger partial charge < -0.3 is 24.4 Å². The number of carbonyl (C=O) groups is 1. The van der Waals surface area contributed by atoms with Crippen LogP contribution in [0.25, 0.3) is 11.4 Å². The van der Waals surface area contributed by atoms with Crippen molar-refractivity contribution in [2.24, 2.45) is 0 Å². The molecule has 11 heteroatoms. The van der Waals surface area contributed by atoms with E-state index >= 15 is 0 Å². The minimum Gasteiger partial charge on any atom is -0.494 e. The zero-order chi connectivity index (χ0) is 23.5. The third-order valence-corrected chi connectivity index (χ3v) is 5.54. The van der Waals surface area contributed by atoms with Gasteiger partial charge in [0.2, 0.25) is 11.7 Å². The number of nitrogens with one attached hydrogen (secondary N) is 1. The van der Waals surface area contributed by atoms with Crippen molar-refractivity contribution >= 4 is 23.1 Å². The standard InChI is InChI=1S/C22H24N6O5/c1-14-4-5-16(21-23-15(2)33-25-21)12-19(14)26-8-10-27(11-9-26)22(29)24-18-7-6-17(28(30)31)13-20(18)32-3/h4-7,12-13H,8-11H2,1-3H3,(H,24,29). The number of rotatable bonds is 5. The van der Waals surface area contributed by atoms with Crippen LogP contribution in [-0.4, -0.2) is 59.3 Å². The lowest BCUT2D eigenvalue weighted by atomic mass is 10.1. The van der Waals surface area contributed by atoms with Gasteiger partial charge in [0.1, 0.15) is 5.75 Å². The molecule has 0 bridgehead atoms. The van der Waals surface area contributed by atoms with E-state index in [0.717, 1.165) is 16.8 Å². The minimum atomic E-state index is -0.510. The number of ether oxygens (including phenoxy) is 1. The van der Waals surface area contributed by atoms with Crippen LogP contribution >= 0.6 is 0 Å². The zero-order valence-electron chi connectivity index (χ0n) is 18.6. The van der Waals surface area contributed by atoms with Crippen molar-refractivity contribution in [2.75, 3.05) is 43.5 Å². The number of non-ortho nitro benzene ring substituents is 1. The number of anilines is 2. The van der Waals surface area contributed by atoms with E-state index in [4.69, 9.17) is 9.26 Å². The van der Waals surface area contributed by atoms with Crippen LogP contribution in [0.3, 0.4) is 0 Å². The molecule has 33 heavy (non-hydrogen) atoms. The Morgan fingerprint density at radius 2 is 1.91 bits per heavy atom. The van der Waals surface area contributed by atoms with Gasteiger partial charge in [0.05, 0.1) is 23.8 Å². The summed E-state index contributed by atoms with van der Waals surface area (Å²) in [5, 5.41) is 17.7. The summed E-state index contributed by atoms with van der Waals surface area (Å²) in [7, 11) is 1.40. The Labute approximate surface area is 190 Å². The molecule has 0 aliphatic carbocycles. The van der Waals surface area contributed by atoms with Gasteiger partial charge in [-0.25, -0.2) is 4.79 Å². The van der Waals surface area contributed by atoms with Gasteiger partial charge in [-0.1, -0.05) is 17.3 Å². The van der Waals surface area contributed by atoms with Crippen LogP contribution in [0.2, 0.25) is 0 Å². The minimum absolute atomic E-state index is 0.105. The molecule has 2 heterocycles. The Bertz CT molecular complexity index is 1190. The number of hydrogen-bond acceptors (Lipinski definition) is 8. The van der Waals surface area contributed by atoms with Crippen molar-refractivity contribution in [2.45, 2.75) is 13.8 Å². The van der Waals surface area contributed by atoms with E-state index < -0.39 is 4.92 Å². The molecule has 0 unspecified atom stereocenters. The number of nitrogens with zero attached hydrogens (tertiary/aromatic N) is 5. The molecule has 4 rings (SSSR count). The molecule has 1 aliphatic heterocycles. The summed E-state index contributed by atoms with van der Waals surface area (Å²) < 4.78 is 10.3. The van der Waals surface area contributed by atoms with Gasteiger partial charge in [-0.3, -0.25) is 10.1 Å². The number of piperazine rings is 1. The fourth-order valence-electron chi connectivity index (χ4n) is 3.75. The van der Waals surface area contributed by atoms with Crippen molar-refractivity contribution in [3.63, 3.8) is 0 Å². The molecule has 3 aromatic rings. The summed E-state index contributed by atoms with van der Waals surface area (Å²) in [5.74, 6) is 1.29. The Morgan fingerprint density at radius 3 is 2.55 bits per heavy atom. The molecule has 0 spiro atoms. The molecule has 1 N–H and O–H groups in total. The maximum atomic E-state index is 12.8. The monoisotopic (exact) mass is 452 g/mol. The predicted molar refractivity (Wildman–Crippen MR) is 122 cm³/mol. The number of hydrogen-bond donors (Lipinski definition) is 1. The van der Waals surface area contributed by atoms with Crippen LogP contribution in [0.1, 0.15) is 11.5 Å². The smallest absolute Gasteiger partial charge is 0.322 e. The highest BCUT2D eigenvalue weighted by molar-refractivity contribution is 5.91. The Hall–Kier alpha value is -4.15. The molecular formula is C22H24N6O5. The molecule has 2 aromatic carbocycles. The molecule has 1 aliphatic rings. The molecule has 11 nitrogen and oxygen atoms in total. The average Bonchev–Trinajstić information content (AvgIpc) is 3.25. The van der Waals surface area contributed by atoms with Gasteiger partial charge in [0.15, 0.2) is 0 Å². The van der Waals surface area contributed by atoms with E-state index in [9.17, 15) is 14.9 Å². The molecule has 0 atom stereocenters. The average molecular weight is 452 g/mol. The Balaban J connectivity index is 1.42. The van der Waals surface area contributed by atoms with E-state index in [1.807, 2.05) is 25.1 Å². The number of carbonyl (C=O) groups excluding carboxylic acids is 1. The molecule has 1 saturated heterocycles. The lowest BCUT2D eigenvalue weighted by Gasteiger charge is -2.37. The summed E-state index contributed by atoms with van der Waals surface area (Å²) >= 11 is 0. The van der Waals surface area contributed by atoms with Crippen LogP contribution in [0.4, 0.5) is 21.9 Å². The van der Waals surface area contributed by atoms with E-state index in [1.54, 1.807) is 11.8 Å². The first-order chi connectivity index (χ1) is 15.9. The van der Waals surface area contributed by atoms with E-state index in [2.05, 4.69) is 20.4 Å². The lowest BCUT2D eigenvalue weighted by Crippen LogP contribution is -2.50. The van der Waals surface area contributed by atoms with Crippen molar-refractivity contribution in [1.29, 1.82) is 0 Å². The van der Waals surface area contributed by atoms with Crippen LogP contribution in [0.15, 0.2) is 40.9 Å². The third-order valence-electron chi connectivity index (χ3n) is 5.54. The van der Waals surface area contributed by atoms with Crippen LogP contribution in [0, 0.1) is 24.0 Å². The normalized spacial score (nSPS) is 13.7. The quantitative estimate of drug-likeness (QED) is 0.459. The fourth-order valence-corrected chi connectivity index (χ4v) is 3.75. The number of aryl methyl sites for hydroxylation is 2. The Kier molecular flexibility index (Phi) is 6.11. The molecular weight excluding hydrogens is 428 g/mol. The van der Waals surface area contributed by atoms with E-state index in [-0.39, 0.29) is 17.5 Å². The first-order valence-electron chi connectivity index (χ1n) is 10.4. The first kappa shape index (κ1) is 22.1. The highest BCUT2D eigenvalue weighted by atomic mass is 16.6. The second-order valence-corrected chi connectivity index (χ2v) is 7.68. The maximum Gasteiger partial charge on any atom is 0.322 e. The van der Waals surface area contributed by atoms with Gasteiger partial charge >= 0.3 is 6.03 Å². The summed E-state index contributed by atoms with van der Waals surface area (Å²) in [6, 6.07) is 9.83. The van der Waals surface area contributed by atoms with Gasteiger partial charge in [-0.2, -0.15) is 4.98 Å². The maximum absolute atomic E-state index is 12.8. The zero-order valence-corrected chi connectivity index (χ0v) is 18.6. The number of nitro groups is 1. The molecule has 0 radical (unpaired) electrons. The molecule has 2 amide bonds. The lowest BCUT2D eigenvalue weighted by molar-refractivity contribution is -0.384. The topological polar surface area (TPSA) is 127 Å². The van der Waals surface area contributed by atoms with Crippen molar-refractivity contribution in [3.05, 3.63) is 58.0 Å². The molecule has 1 fully saturated rings. The van der Waals surface area contributed by atoms with Crippen LogP contribution in [0.5, 0.6) is 5.75 Å². The van der Waals surface area contributed by atoms with Gasteiger partial charge in [-0.15, -0.1) is 0 Å². The second-order valence-electron chi connectivity index (χ2n) is 7.68. The molecule has 172 valence electrons. The van der Waals surface area contributed by atoms with Gasteiger partial charge in [0, 0.05) is 50.4 Å². The van der Waals surface area contributed by atoms with Crippen LogP contribution in [-0.2, 0) is 0 Å². The predicted octanol–water partition coefficient (Wildman–Crippen LogP) is 3.62.